The van der Waals surface area contributed by atoms with E-state index in [4.69, 9.17) is 11.6 Å². The lowest BCUT2D eigenvalue weighted by molar-refractivity contribution is -0.114. The van der Waals surface area contributed by atoms with E-state index in [0.717, 1.165) is 5.56 Å². The van der Waals surface area contributed by atoms with Crippen molar-refractivity contribution >= 4 is 23.2 Å². The van der Waals surface area contributed by atoms with Crippen LogP contribution in [0.1, 0.15) is 31.0 Å². The average Bonchev–Trinajstić information content (AvgIpc) is 2.48. The molecule has 0 saturated heterocycles. The van der Waals surface area contributed by atoms with Crippen LogP contribution in [0.15, 0.2) is 48.5 Å². The number of carbonyl (C=O) groups excluding carboxylic acids is 1. The molecule has 0 unspecified atom stereocenters. The van der Waals surface area contributed by atoms with Gasteiger partial charge in [-0.15, -0.1) is 0 Å². The molecule has 0 radical (unpaired) electrons. The molecule has 3 nitrogen and oxygen atoms in total. The minimum Gasteiger partial charge on any atom is -0.325 e. The van der Waals surface area contributed by atoms with Gasteiger partial charge in [0, 0.05) is 19.5 Å². The van der Waals surface area contributed by atoms with Gasteiger partial charge in [-0.3, -0.25) is 4.79 Å². The maximum Gasteiger partial charge on any atom is 0.221 e. The van der Waals surface area contributed by atoms with Crippen LogP contribution in [0.3, 0.4) is 0 Å². The molecule has 21 heavy (non-hydrogen) atoms. The van der Waals surface area contributed by atoms with E-state index in [2.05, 4.69) is 29.7 Å². The first-order valence-electron chi connectivity index (χ1n) is 6.90. The number of amides is 1. The fourth-order valence-electron chi connectivity index (χ4n) is 2.10. The molecule has 0 fully saturated rings. The van der Waals surface area contributed by atoms with Crippen LogP contribution in [0, 0.1) is 0 Å². The van der Waals surface area contributed by atoms with Gasteiger partial charge in [0.15, 0.2) is 0 Å². The molecule has 110 valence electrons. The van der Waals surface area contributed by atoms with E-state index in [1.165, 1.54) is 12.5 Å². The monoisotopic (exact) mass is 302 g/mol. The molecule has 2 rings (SSSR count). The van der Waals surface area contributed by atoms with Crippen molar-refractivity contribution in [2.24, 2.45) is 0 Å². The molecule has 2 aromatic rings. The van der Waals surface area contributed by atoms with Gasteiger partial charge in [-0.1, -0.05) is 48.0 Å². The number of carbonyl (C=O) groups is 1. The van der Waals surface area contributed by atoms with Crippen molar-refractivity contribution in [2.75, 3.05) is 5.32 Å². The second-order valence-corrected chi connectivity index (χ2v) is 5.42. The SMILES string of the molecule is CC(=O)Nc1cc(CN[C@H](C)c2ccccc2)ccc1Cl. The van der Waals surface area contributed by atoms with E-state index in [-0.39, 0.29) is 11.9 Å². The predicted molar refractivity (Wildman–Crippen MR) is 87.5 cm³/mol. The van der Waals surface area contributed by atoms with E-state index in [0.29, 0.717) is 17.3 Å². The lowest BCUT2D eigenvalue weighted by Crippen LogP contribution is -2.18. The molecule has 1 atom stereocenters. The Morgan fingerprint density at radius 3 is 2.57 bits per heavy atom. The van der Waals surface area contributed by atoms with Crippen LogP contribution in [-0.4, -0.2) is 5.91 Å². The molecule has 0 aromatic heterocycles. The standard InChI is InChI=1S/C17H19ClN2O/c1-12(15-6-4-3-5-7-15)19-11-14-8-9-16(18)17(10-14)20-13(2)21/h3-10,12,19H,11H2,1-2H3,(H,20,21)/t12-/m1/s1. The quantitative estimate of drug-likeness (QED) is 0.871. The van der Waals surface area contributed by atoms with Crippen LogP contribution in [0.25, 0.3) is 0 Å². The largest absolute Gasteiger partial charge is 0.325 e. The molecule has 2 aromatic carbocycles. The number of anilines is 1. The molecule has 0 bridgehead atoms. The summed E-state index contributed by atoms with van der Waals surface area (Å²) in [4.78, 5) is 11.1. The van der Waals surface area contributed by atoms with Crippen molar-refractivity contribution in [1.29, 1.82) is 0 Å². The van der Waals surface area contributed by atoms with E-state index in [9.17, 15) is 4.79 Å². The number of hydrogen-bond donors (Lipinski definition) is 2. The zero-order valence-electron chi connectivity index (χ0n) is 12.2. The molecule has 4 heteroatoms. The van der Waals surface area contributed by atoms with Crippen molar-refractivity contribution < 1.29 is 4.79 Å². The Morgan fingerprint density at radius 1 is 1.19 bits per heavy atom. The number of hydrogen-bond acceptors (Lipinski definition) is 2. The fourth-order valence-corrected chi connectivity index (χ4v) is 2.26. The van der Waals surface area contributed by atoms with E-state index < -0.39 is 0 Å². The predicted octanol–water partition coefficient (Wildman–Crippen LogP) is 4.15. The van der Waals surface area contributed by atoms with Crippen LogP contribution in [-0.2, 0) is 11.3 Å². The molecule has 0 heterocycles. The topological polar surface area (TPSA) is 41.1 Å². The van der Waals surface area contributed by atoms with E-state index in [1.54, 1.807) is 6.07 Å². The highest BCUT2D eigenvalue weighted by Crippen LogP contribution is 2.23. The Labute approximate surface area is 130 Å². The van der Waals surface area contributed by atoms with Gasteiger partial charge in [-0.25, -0.2) is 0 Å². The number of rotatable bonds is 5. The average molecular weight is 303 g/mol. The van der Waals surface area contributed by atoms with Crippen LogP contribution >= 0.6 is 11.6 Å². The van der Waals surface area contributed by atoms with Gasteiger partial charge >= 0.3 is 0 Å². The summed E-state index contributed by atoms with van der Waals surface area (Å²) in [5.41, 5.74) is 2.97. The summed E-state index contributed by atoms with van der Waals surface area (Å²) in [6, 6.07) is 16.2. The molecule has 2 N–H and O–H groups in total. The van der Waals surface area contributed by atoms with E-state index >= 15 is 0 Å². The molecule has 0 aliphatic heterocycles. The summed E-state index contributed by atoms with van der Waals surface area (Å²) >= 11 is 6.06. The summed E-state index contributed by atoms with van der Waals surface area (Å²) in [6.45, 7) is 4.30. The molecule has 0 spiro atoms. The van der Waals surface area contributed by atoms with Gasteiger partial charge < -0.3 is 10.6 Å². The van der Waals surface area contributed by atoms with Crippen LogP contribution in [0.4, 0.5) is 5.69 Å². The minimum absolute atomic E-state index is 0.125. The summed E-state index contributed by atoms with van der Waals surface area (Å²) in [5.74, 6) is -0.125. The Kier molecular flexibility index (Phi) is 5.37. The molecule has 1 amide bonds. The number of benzene rings is 2. The van der Waals surface area contributed by atoms with E-state index in [1.807, 2.05) is 30.3 Å². The van der Waals surface area contributed by atoms with Gasteiger partial charge in [-0.05, 0) is 30.2 Å². The van der Waals surface area contributed by atoms with Crippen molar-refractivity contribution in [3.05, 3.63) is 64.7 Å². The van der Waals surface area contributed by atoms with Crippen molar-refractivity contribution in [2.45, 2.75) is 26.4 Å². The van der Waals surface area contributed by atoms with Crippen LogP contribution in [0.5, 0.6) is 0 Å². The lowest BCUT2D eigenvalue weighted by Gasteiger charge is -2.15. The molecule has 0 aliphatic carbocycles. The third-order valence-electron chi connectivity index (χ3n) is 3.25. The van der Waals surface area contributed by atoms with Crippen LogP contribution in [0.2, 0.25) is 5.02 Å². The van der Waals surface area contributed by atoms with Crippen molar-refractivity contribution in [3.63, 3.8) is 0 Å². The molecule has 0 aliphatic rings. The summed E-state index contributed by atoms with van der Waals surface area (Å²) in [5, 5.41) is 6.74. The Morgan fingerprint density at radius 2 is 1.90 bits per heavy atom. The first-order valence-corrected chi connectivity index (χ1v) is 7.28. The molecular formula is C17H19ClN2O. The maximum absolute atomic E-state index is 11.1. The number of halogens is 1. The zero-order valence-corrected chi connectivity index (χ0v) is 12.9. The Balaban J connectivity index is 2.01. The maximum atomic E-state index is 11.1. The third kappa shape index (κ3) is 4.59. The first-order chi connectivity index (χ1) is 10.1. The minimum atomic E-state index is -0.125. The second-order valence-electron chi connectivity index (χ2n) is 5.01. The zero-order chi connectivity index (χ0) is 15.2. The van der Waals surface area contributed by atoms with Crippen molar-refractivity contribution in [3.8, 4) is 0 Å². The van der Waals surface area contributed by atoms with Crippen LogP contribution < -0.4 is 10.6 Å². The van der Waals surface area contributed by atoms with Gasteiger partial charge in [-0.2, -0.15) is 0 Å². The summed E-state index contributed by atoms with van der Waals surface area (Å²) in [7, 11) is 0. The highest BCUT2D eigenvalue weighted by atomic mass is 35.5. The lowest BCUT2D eigenvalue weighted by atomic mass is 10.1. The molecule has 0 saturated carbocycles. The summed E-state index contributed by atoms with van der Waals surface area (Å²) in [6.07, 6.45) is 0. The summed E-state index contributed by atoms with van der Waals surface area (Å²) < 4.78 is 0. The Bertz CT molecular complexity index is 613. The third-order valence-corrected chi connectivity index (χ3v) is 3.58. The Hall–Kier alpha value is -1.84. The smallest absolute Gasteiger partial charge is 0.221 e. The van der Waals surface area contributed by atoms with Gasteiger partial charge in [0.1, 0.15) is 0 Å². The fraction of sp³-hybridized carbons (Fsp3) is 0.235. The van der Waals surface area contributed by atoms with Gasteiger partial charge in [0.25, 0.3) is 0 Å². The normalized spacial score (nSPS) is 12.0. The second kappa shape index (κ2) is 7.25. The highest BCUT2D eigenvalue weighted by molar-refractivity contribution is 6.33. The van der Waals surface area contributed by atoms with Gasteiger partial charge in [0.05, 0.1) is 10.7 Å². The number of nitrogens with one attached hydrogen (secondary N) is 2. The van der Waals surface area contributed by atoms with Crippen molar-refractivity contribution in [1.82, 2.24) is 5.32 Å². The molecular weight excluding hydrogens is 284 g/mol. The van der Waals surface area contributed by atoms with Gasteiger partial charge in [0.2, 0.25) is 5.91 Å². The first kappa shape index (κ1) is 15.5. The highest BCUT2D eigenvalue weighted by Gasteiger charge is 2.06.